The molecule has 12 nitrogen and oxygen atoms in total. The molecule has 310 valence electrons. The topological polar surface area (TPSA) is 130 Å². The van der Waals surface area contributed by atoms with Gasteiger partial charge in [0, 0.05) is 45.2 Å². The van der Waals surface area contributed by atoms with E-state index in [1.165, 1.54) is 19.3 Å². The Labute approximate surface area is 330 Å². The van der Waals surface area contributed by atoms with E-state index >= 15 is 0 Å². The highest BCUT2D eigenvalue weighted by Gasteiger charge is 2.52. The summed E-state index contributed by atoms with van der Waals surface area (Å²) < 4.78 is 18.1. The zero-order chi connectivity index (χ0) is 40.3. The van der Waals surface area contributed by atoms with Crippen molar-refractivity contribution >= 4 is 24.0 Å². The summed E-state index contributed by atoms with van der Waals surface area (Å²) in [5.41, 5.74) is -0.601. The first-order valence-electron chi connectivity index (χ1n) is 20.9. The number of ether oxygens (including phenoxy) is 3. The average molecular weight is 770 g/mol. The number of benzene rings is 1. The second-order valence-electron chi connectivity index (χ2n) is 17.9. The quantitative estimate of drug-likeness (QED) is 0.196. The Morgan fingerprint density at radius 3 is 2.18 bits per heavy atom. The normalized spacial score (nSPS) is 22.5. The zero-order valence-electron chi connectivity index (χ0n) is 35.2. The molecule has 1 saturated carbocycles. The molecule has 2 saturated heterocycles. The highest BCUT2D eigenvalue weighted by Crippen LogP contribution is 2.42. The van der Waals surface area contributed by atoms with Crippen molar-refractivity contribution in [2.75, 3.05) is 39.3 Å². The fraction of sp³-hybridized carbons (Fsp3) is 0.767. The number of hydrogen-bond acceptors (Lipinski definition) is 8. The lowest BCUT2D eigenvalue weighted by Crippen LogP contribution is -2.54. The molecule has 2 heterocycles. The molecular weight excluding hydrogens is 699 g/mol. The molecule has 55 heavy (non-hydrogen) atoms. The largest absolute Gasteiger partial charge is 0.445 e. The van der Waals surface area contributed by atoms with Gasteiger partial charge in [-0.15, -0.1) is 0 Å². The first kappa shape index (κ1) is 44.3. The standard InChI is InChI=1S/C43H71N5O7/c1-10-31(4)37(39(50)44-21-22-46-23-25-47(26-24-46)40(51)53-29-33-19-15-12-16-20-33)45-38(49)34(30(2)3)28-36-35(27-32-17-13-11-14-18-32)48(43(8,9)54-36)41(52)55-42(5,6)7/h12,15-16,19-20,30-32,34-37H,10-11,13-14,17-18,21-29H2,1-9H3,(H,44,50)(H,45,49)/t31-,34-,35-,36-,37-/m0/s1. The van der Waals surface area contributed by atoms with Crippen LogP contribution in [0.2, 0.25) is 0 Å². The summed E-state index contributed by atoms with van der Waals surface area (Å²) in [4.78, 5) is 60.0. The maximum Gasteiger partial charge on any atom is 0.412 e. The minimum atomic E-state index is -0.901. The smallest absolute Gasteiger partial charge is 0.412 e. The van der Waals surface area contributed by atoms with Crippen molar-refractivity contribution in [2.45, 2.75) is 150 Å². The summed E-state index contributed by atoms with van der Waals surface area (Å²) in [5, 5.41) is 6.23. The third kappa shape index (κ3) is 13.1. The number of hydrogen-bond donors (Lipinski definition) is 2. The first-order chi connectivity index (χ1) is 26.0. The fourth-order valence-corrected chi connectivity index (χ4v) is 8.27. The molecule has 12 heteroatoms. The number of nitrogens with zero attached hydrogens (tertiary/aromatic N) is 3. The van der Waals surface area contributed by atoms with Crippen LogP contribution >= 0.6 is 0 Å². The van der Waals surface area contributed by atoms with Gasteiger partial charge in [-0.25, -0.2) is 9.59 Å². The van der Waals surface area contributed by atoms with Gasteiger partial charge in [-0.3, -0.25) is 19.4 Å². The number of carbonyl (C=O) groups is 4. The van der Waals surface area contributed by atoms with E-state index in [1.807, 2.05) is 92.6 Å². The van der Waals surface area contributed by atoms with Crippen molar-refractivity contribution < 1.29 is 33.4 Å². The van der Waals surface area contributed by atoms with Crippen LogP contribution in [0, 0.1) is 23.7 Å². The molecule has 1 aromatic rings. The van der Waals surface area contributed by atoms with Gasteiger partial charge in [0.15, 0.2) is 0 Å². The molecule has 1 aromatic carbocycles. The minimum absolute atomic E-state index is 0.0208. The predicted molar refractivity (Wildman–Crippen MR) is 214 cm³/mol. The molecular formula is C43H71N5O7. The molecule has 0 unspecified atom stereocenters. The second kappa shape index (κ2) is 20.2. The Morgan fingerprint density at radius 1 is 0.927 bits per heavy atom. The maximum absolute atomic E-state index is 14.2. The summed E-state index contributed by atoms with van der Waals surface area (Å²) in [5.74, 6) is -0.405. The van der Waals surface area contributed by atoms with Crippen molar-refractivity contribution in [1.82, 2.24) is 25.3 Å². The number of rotatable bonds is 15. The summed E-state index contributed by atoms with van der Waals surface area (Å²) in [6.45, 7) is 21.4. The average Bonchev–Trinajstić information content (AvgIpc) is 3.39. The molecule has 0 bridgehead atoms. The molecule has 2 N–H and O–H groups in total. The van der Waals surface area contributed by atoms with Gasteiger partial charge in [-0.2, -0.15) is 0 Å². The van der Waals surface area contributed by atoms with Gasteiger partial charge < -0.3 is 29.7 Å². The highest BCUT2D eigenvalue weighted by atomic mass is 16.6. The monoisotopic (exact) mass is 770 g/mol. The van der Waals surface area contributed by atoms with Crippen molar-refractivity contribution in [3.63, 3.8) is 0 Å². The van der Waals surface area contributed by atoms with Crippen LogP contribution in [0.5, 0.6) is 0 Å². The molecule has 3 fully saturated rings. The van der Waals surface area contributed by atoms with Crippen LogP contribution in [0.15, 0.2) is 30.3 Å². The highest BCUT2D eigenvalue weighted by molar-refractivity contribution is 5.88. The van der Waals surface area contributed by atoms with E-state index in [1.54, 1.807) is 9.80 Å². The fourth-order valence-electron chi connectivity index (χ4n) is 8.27. The van der Waals surface area contributed by atoms with E-state index in [0.29, 0.717) is 51.6 Å². The Morgan fingerprint density at radius 2 is 1.58 bits per heavy atom. The van der Waals surface area contributed by atoms with Gasteiger partial charge in [-0.1, -0.05) is 96.6 Å². The molecule has 5 atom stereocenters. The summed E-state index contributed by atoms with van der Waals surface area (Å²) in [6, 6.07) is 8.73. The SMILES string of the molecule is CC[C@H](C)[C@H](NC(=O)[C@@H](C[C@@H]1OC(C)(C)N(C(=O)OC(C)(C)C)[C@H]1CC1CCCCC1)C(C)C)C(=O)NCCN1CCN(C(=O)OCc2ccccc2)CC1. The Balaban J connectivity index is 1.34. The van der Waals surface area contributed by atoms with Gasteiger partial charge in [0.2, 0.25) is 11.8 Å². The number of carbonyl (C=O) groups excluding carboxylic acids is 4. The van der Waals surface area contributed by atoms with Crippen molar-refractivity contribution in [2.24, 2.45) is 23.7 Å². The van der Waals surface area contributed by atoms with Gasteiger partial charge >= 0.3 is 12.2 Å². The Kier molecular flexibility index (Phi) is 16.3. The second-order valence-corrected chi connectivity index (χ2v) is 17.9. The molecule has 0 radical (unpaired) electrons. The minimum Gasteiger partial charge on any atom is -0.445 e. The van der Waals surface area contributed by atoms with E-state index in [4.69, 9.17) is 14.2 Å². The van der Waals surface area contributed by atoms with Gasteiger partial charge in [0.1, 0.15) is 24.0 Å². The molecule has 0 aromatic heterocycles. The van der Waals surface area contributed by atoms with E-state index < -0.39 is 23.3 Å². The van der Waals surface area contributed by atoms with Crippen LogP contribution < -0.4 is 10.6 Å². The van der Waals surface area contributed by atoms with Crippen LogP contribution in [-0.2, 0) is 30.4 Å². The maximum atomic E-state index is 14.2. The summed E-state index contributed by atoms with van der Waals surface area (Å²) in [7, 11) is 0. The van der Waals surface area contributed by atoms with Gasteiger partial charge in [0.25, 0.3) is 0 Å². The third-order valence-corrected chi connectivity index (χ3v) is 11.7. The van der Waals surface area contributed by atoms with Crippen LogP contribution in [-0.4, -0.2) is 107 Å². The molecule has 2 aliphatic heterocycles. The molecule has 3 aliphatic rings. The Hall–Kier alpha value is -3.38. The van der Waals surface area contributed by atoms with E-state index in [0.717, 1.165) is 31.2 Å². The Bertz CT molecular complexity index is 1390. The van der Waals surface area contributed by atoms with Crippen molar-refractivity contribution in [1.29, 1.82) is 0 Å². The zero-order valence-corrected chi connectivity index (χ0v) is 35.2. The van der Waals surface area contributed by atoms with Crippen LogP contribution in [0.3, 0.4) is 0 Å². The third-order valence-electron chi connectivity index (χ3n) is 11.7. The molecule has 4 rings (SSSR count). The lowest BCUT2D eigenvalue weighted by molar-refractivity contribution is -0.134. The van der Waals surface area contributed by atoms with E-state index in [2.05, 4.69) is 15.5 Å². The number of nitrogens with one attached hydrogen (secondary N) is 2. The van der Waals surface area contributed by atoms with E-state index in [-0.39, 0.29) is 54.6 Å². The van der Waals surface area contributed by atoms with Crippen LogP contribution in [0.25, 0.3) is 0 Å². The van der Waals surface area contributed by atoms with Crippen LogP contribution in [0.1, 0.15) is 119 Å². The van der Waals surface area contributed by atoms with Crippen molar-refractivity contribution in [3.05, 3.63) is 35.9 Å². The lowest BCUT2D eigenvalue weighted by Gasteiger charge is -2.37. The molecule has 1 aliphatic carbocycles. The van der Waals surface area contributed by atoms with Crippen LogP contribution in [0.4, 0.5) is 9.59 Å². The summed E-state index contributed by atoms with van der Waals surface area (Å²) >= 11 is 0. The lowest BCUT2D eigenvalue weighted by atomic mass is 9.81. The first-order valence-corrected chi connectivity index (χ1v) is 20.9. The predicted octanol–water partition coefficient (Wildman–Crippen LogP) is 6.96. The van der Waals surface area contributed by atoms with Gasteiger partial charge in [0.05, 0.1) is 12.1 Å². The van der Waals surface area contributed by atoms with Crippen molar-refractivity contribution in [3.8, 4) is 0 Å². The molecule has 4 amide bonds. The van der Waals surface area contributed by atoms with E-state index in [9.17, 15) is 19.2 Å². The molecule has 0 spiro atoms. The summed E-state index contributed by atoms with van der Waals surface area (Å²) in [6.07, 6.45) is 6.80. The van der Waals surface area contributed by atoms with Gasteiger partial charge in [-0.05, 0) is 70.8 Å². The number of amides is 4. The number of piperazine rings is 1.